The van der Waals surface area contributed by atoms with E-state index in [1.807, 2.05) is 0 Å². The van der Waals surface area contributed by atoms with Crippen LogP contribution in [0.25, 0.3) is 0 Å². The SMILES string of the molecule is CC(CC(=O)O)c1cn[nH]c1[N+](=O)[O-]. The molecular formula is C7H9N3O4. The topological polar surface area (TPSA) is 109 Å². The normalized spacial score (nSPS) is 12.4. The van der Waals surface area contributed by atoms with Crippen molar-refractivity contribution in [1.82, 2.24) is 10.2 Å². The first kappa shape index (κ1) is 10.2. The van der Waals surface area contributed by atoms with E-state index in [9.17, 15) is 14.9 Å². The highest BCUT2D eigenvalue weighted by Crippen LogP contribution is 2.25. The van der Waals surface area contributed by atoms with Gasteiger partial charge in [-0.1, -0.05) is 12.0 Å². The van der Waals surface area contributed by atoms with Crippen LogP contribution in [0.1, 0.15) is 24.8 Å². The van der Waals surface area contributed by atoms with E-state index in [2.05, 4.69) is 10.2 Å². The predicted octanol–water partition coefficient (Wildman–Crippen LogP) is 0.896. The number of nitro groups is 1. The number of aromatic nitrogens is 2. The molecule has 7 nitrogen and oxygen atoms in total. The summed E-state index contributed by atoms with van der Waals surface area (Å²) < 4.78 is 0. The number of aliphatic carboxylic acids is 1. The lowest BCUT2D eigenvalue weighted by atomic mass is 10.0. The standard InChI is InChI=1S/C7H9N3O4/c1-4(2-6(11)12)5-3-8-9-7(5)10(13)14/h3-4H,2H2,1H3,(H,8,9)(H,11,12). The molecule has 1 aromatic heterocycles. The van der Waals surface area contributed by atoms with Crippen LogP contribution in [0.2, 0.25) is 0 Å². The maximum absolute atomic E-state index is 10.5. The Morgan fingerprint density at radius 2 is 2.50 bits per heavy atom. The van der Waals surface area contributed by atoms with Gasteiger partial charge in [0.2, 0.25) is 0 Å². The highest BCUT2D eigenvalue weighted by molar-refractivity contribution is 5.68. The van der Waals surface area contributed by atoms with Crippen molar-refractivity contribution in [2.45, 2.75) is 19.3 Å². The molecule has 0 aliphatic heterocycles. The first-order valence-electron chi connectivity index (χ1n) is 3.91. The smallest absolute Gasteiger partial charge is 0.346 e. The zero-order chi connectivity index (χ0) is 10.7. The van der Waals surface area contributed by atoms with E-state index in [0.717, 1.165) is 0 Å². The van der Waals surface area contributed by atoms with E-state index < -0.39 is 16.8 Å². The van der Waals surface area contributed by atoms with E-state index in [-0.39, 0.29) is 12.2 Å². The Labute approximate surface area is 78.9 Å². The molecule has 0 radical (unpaired) electrons. The number of hydrogen-bond acceptors (Lipinski definition) is 4. The molecule has 0 saturated heterocycles. The van der Waals surface area contributed by atoms with E-state index >= 15 is 0 Å². The van der Waals surface area contributed by atoms with Gasteiger partial charge in [-0.05, 0) is 4.92 Å². The fraction of sp³-hybridized carbons (Fsp3) is 0.429. The summed E-state index contributed by atoms with van der Waals surface area (Å²) in [5.74, 6) is -1.65. The van der Waals surface area contributed by atoms with Gasteiger partial charge in [-0.3, -0.25) is 4.79 Å². The third-order valence-electron chi connectivity index (χ3n) is 1.84. The first-order chi connectivity index (χ1) is 6.52. The van der Waals surface area contributed by atoms with Crippen molar-refractivity contribution in [2.75, 3.05) is 0 Å². The Hall–Kier alpha value is -1.92. The Balaban J connectivity index is 2.89. The summed E-state index contributed by atoms with van der Waals surface area (Å²) in [6.45, 7) is 1.60. The molecule has 1 atom stereocenters. The maximum Gasteiger partial charge on any atom is 0.346 e. The van der Waals surface area contributed by atoms with Crippen LogP contribution >= 0.6 is 0 Å². The van der Waals surface area contributed by atoms with E-state index in [4.69, 9.17) is 5.11 Å². The first-order valence-corrected chi connectivity index (χ1v) is 3.91. The summed E-state index contributed by atoms with van der Waals surface area (Å²) in [5, 5.41) is 24.7. The van der Waals surface area contributed by atoms with Crippen LogP contribution in [-0.2, 0) is 4.79 Å². The number of H-pyrrole nitrogens is 1. The monoisotopic (exact) mass is 199 g/mol. The van der Waals surface area contributed by atoms with Crippen molar-refractivity contribution in [3.05, 3.63) is 21.9 Å². The molecule has 0 saturated carbocycles. The molecule has 14 heavy (non-hydrogen) atoms. The molecule has 1 heterocycles. The van der Waals surface area contributed by atoms with Gasteiger partial charge in [0.05, 0.1) is 18.2 Å². The van der Waals surface area contributed by atoms with Gasteiger partial charge in [-0.15, -0.1) is 5.10 Å². The molecule has 0 fully saturated rings. The van der Waals surface area contributed by atoms with E-state index in [0.29, 0.717) is 5.56 Å². The summed E-state index contributed by atoms with van der Waals surface area (Å²) in [5.41, 5.74) is 0.317. The summed E-state index contributed by atoms with van der Waals surface area (Å²) in [6.07, 6.45) is 1.13. The van der Waals surface area contributed by atoms with Crippen LogP contribution in [-0.4, -0.2) is 26.2 Å². The lowest BCUT2D eigenvalue weighted by molar-refractivity contribution is -0.390. The Kier molecular flexibility index (Phi) is 2.80. The second kappa shape index (κ2) is 3.86. The molecule has 0 amide bonds. The summed E-state index contributed by atoms with van der Waals surface area (Å²) in [6, 6.07) is 0. The number of rotatable bonds is 4. The van der Waals surface area contributed by atoms with Crippen molar-refractivity contribution in [2.24, 2.45) is 0 Å². The number of hydrogen-bond donors (Lipinski definition) is 2. The molecule has 76 valence electrons. The highest BCUT2D eigenvalue weighted by atomic mass is 16.6. The van der Waals surface area contributed by atoms with E-state index in [1.165, 1.54) is 6.20 Å². The van der Waals surface area contributed by atoms with Gasteiger partial charge in [0.25, 0.3) is 0 Å². The second-order valence-electron chi connectivity index (χ2n) is 2.93. The van der Waals surface area contributed by atoms with Gasteiger partial charge >= 0.3 is 11.8 Å². The zero-order valence-corrected chi connectivity index (χ0v) is 7.43. The maximum atomic E-state index is 10.5. The van der Waals surface area contributed by atoms with Crippen LogP contribution in [0, 0.1) is 10.1 Å². The Morgan fingerprint density at radius 1 is 1.86 bits per heavy atom. The van der Waals surface area contributed by atoms with Crippen molar-refractivity contribution in [3.63, 3.8) is 0 Å². The summed E-state index contributed by atoms with van der Waals surface area (Å²) in [7, 11) is 0. The molecule has 0 aromatic carbocycles. The number of aromatic amines is 1. The van der Waals surface area contributed by atoms with Gasteiger partial charge in [0.1, 0.15) is 0 Å². The molecule has 0 spiro atoms. The number of nitrogens with one attached hydrogen (secondary N) is 1. The predicted molar refractivity (Wildman–Crippen MR) is 45.9 cm³/mol. The largest absolute Gasteiger partial charge is 0.481 e. The zero-order valence-electron chi connectivity index (χ0n) is 7.43. The van der Waals surface area contributed by atoms with Crippen molar-refractivity contribution in [3.8, 4) is 0 Å². The fourth-order valence-corrected chi connectivity index (χ4v) is 1.17. The van der Waals surface area contributed by atoms with Crippen LogP contribution in [0.3, 0.4) is 0 Å². The third-order valence-corrected chi connectivity index (χ3v) is 1.84. The van der Waals surface area contributed by atoms with Crippen LogP contribution in [0.5, 0.6) is 0 Å². The number of carbonyl (C=O) groups is 1. The molecule has 7 heteroatoms. The quantitative estimate of drug-likeness (QED) is 0.552. The molecule has 0 bridgehead atoms. The van der Waals surface area contributed by atoms with Crippen molar-refractivity contribution < 1.29 is 14.8 Å². The fourth-order valence-electron chi connectivity index (χ4n) is 1.17. The van der Waals surface area contributed by atoms with Gasteiger partial charge in [0, 0.05) is 5.92 Å². The summed E-state index contributed by atoms with van der Waals surface area (Å²) >= 11 is 0. The Bertz CT molecular complexity index is 360. The van der Waals surface area contributed by atoms with Gasteiger partial charge in [0.15, 0.2) is 0 Å². The average molecular weight is 199 g/mol. The minimum Gasteiger partial charge on any atom is -0.481 e. The van der Waals surface area contributed by atoms with Crippen molar-refractivity contribution >= 4 is 11.8 Å². The summed E-state index contributed by atoms with van der Waals surface area (Å²) in [4.78, 5) is 20.2. The van der Waals surface area contributed by atoms with Gasteiger partial charge in [-0.2, -0.15) is 0 Å². The molecule has 2 N–H and O–H groups in total. The molecule has 1 rings (SSSR count). The lowest BCUT2D eigenvalue weighted by Gasteiger charge is -2.04. The molecule has 0 aliphatic rings. The lowest BCUT2D eigenvalue weighted by Crippen LogP contribution is -2.04. The third kappa shape index (κ3) is 2.06. The number of carboxylic acids is 1. The van der Waals surface area contributed by atoms with Crippen LogP contribution in [0.4, 0.5) is 5.82 Å². The van der Waals surface area contributed by atoms with Crippen molar-refractivity contribution in [1.29, 1.82) is 0 Å². The van der Waals surface area contributed by atoms with Gasteiger partial charge < -0.3 is 15.2 Å². The minimum atomic E-state index is -0.993. The Morgan fingerprint density at radius 3 is 3.00 bits per heavy atom. The number of nitrogens with zero attached hydrogens (tertiary/aromatic N) is 2. The van der Waals surface area contributed by atoms with Crippen LogP contribution in [0.15, 0.2) is 6.20 Å². The minimum absolute atomic E-state index is 0.152. The highest BCUT2D eigenvalue weighted by Gasteiger charge is 2.22. The van der Waals surface area contributed by atoms with Gasteiger partial charge in [-0.25, -0.2) is 0 Å². The average Bonchev–Trinajstić information content (AvgIpc) is 2.49. The molecule has 1 unspecified atom stereocenters. The van der Waals surface area contributed by atoms with Crippen LogP contribution < -0.4 is 0 Å². The molecule has 0 aliphatic carbocycles. The van der Waals surface area contributed by atoms with E-state index in [1.54, 1.807) is 6.92 Å². The number of carboxylic acid groups (broad SMARTS) is 1. The molecule has 1 aromatic rings. The molecular weight excluding hydrogens is 190 g/mol. The second-order valence-corrected chi connectivity index (χ2v) is 2.93.